The lowest BCUT2D eigenvalue weighted by atomic mass is 10.4. The number of rotatable bonds is 2. The van der Waals surface area contributed by atoms with Crippen LogP contribution in [0.4, 0.5) is 0 Å². The topological polar surface area (TPSA) is 57.5 Å². The highest BCUT2D eigenvalue weighted by atomic mass is 16.3. The molecule has 1 atom stereocenters. The zero-order chi connectivity index (χ0) is 4.99. The first kappa shape index (κ1) is 9.77. The monoisotopic (exact) mass is 106 g/mol. The number of aldehydes is 1. The fraction of sp³-hybridized carbons (Fsp3) is 0.750. The van der Waals surface area contributed by atoms with Crippen LogP contribution in [0, 0.1) is 0 Å². The Labute approximate surface area is 42.6 Å². The molecule has 0 aliphatic carbocycles. The molecule has 0 aromatic rings. The van der Waals surface area contributed by atoms with Crippen LogP contribution in [0.3, 0.4) is 0 Å². The van der Waals surface area contributed by atoms with Crippen LogP contribution in [0.15, 0.2) is 0 Å². The molecule has 0 aliphatic heterocycles. The van der Waals surface area contributed by atoms with E-state index in [0.717, 1.165) is 0 Å². The fourth-order valence-electron chi connectivity index (χ4n) is 0.0430. The number of carbonyl (C=O) groups excluding carboxylic acids is 1. The predicted octanol–water partition coefficient (Wildman–Crippen LogP) is -0.825. The minimum atomic E-state index is -1.19. The summed E-state index contributed by atoms with van der Waals surface area (Å²) in [7, 11) is 0. The van der Waals surface area contributed by atoms with Crippen molar-refractivity contribution in [3.63, 3.8) is 0 Å². The van der Waals surface area contributed by atoms with E-state index in [-0.39, 0.29) is 13.7 Å². The minimum Gasteiger partial charge on any atom is -0.393 e. The summed E-state index contributed by atoms with van der Waals surface area (Å²) in [6, 6.07) is 0. The molecule has 0 bridgehead atoms. The highest BCUT2D eigenvalue weighted by Gasteiger charge is 1.92. The molecule has 0 aliphatic rings. The maximum absolute atomic E-state index is 9.33. The molecule has 0 amide bonds. The van der Waals surface area contributed by atoms with Crippen molar-refractivity contribution in [1.29, 1.82) is 0 Å². The normalized spacial score (nSPS) is 11.7. The van der Waals surface area contributed by atoms with Crippen molar-refractivity contribution in [2.45, 2.75) is 13.5 Å². The maximum Gasteiger partial charge on any atom is 0.150 e. The summed E-state index contributed by atoms with van der Waals surface area (Å²) in [6.07, 6.45) is -0.912. The van der Waals surface area contributed by atoms with Crippen LogP contribution in [0.5, 0.6) is 0 Å². The Morgan fingerprint density at radius 3 is 2.14 bits per heavy atom. The molecule has 3 nitrogen and oxygen atoms in total. The van der Waals surface area contributed by atoms with E-state index >= 15 is 0 Å². The number of hydrogen-bond acceptors (Lipinski definition) is 3. The number of hydrogen-bond donors (Lipinski definition) is 2. The van der Waals surface area contributed by atoms with Gasteiger partial charge in [0, 0.05) is 0 Å². The Kier molecular flexibility index (Phi) is 7.81. The molecule has 0 rings (SSSR count). The molecule has 2 N–H and O–H groups in total. The van der Waals surface area contributed by atoms with Crippen LogP contribution in [0.1, 0.15) is 7.43 Å². The summed E-state index contributed by atoms with van der Waals surface area (Å²) < 4.78 is 0. The average molecular weight is 106 g/mol. The Morgan fingerprint density at radius 1 is 1.71 bits per heavy atom. The quantitative estimate of drug-likeness (QED) is 0.452. The SMILES string of the molecule is C.O=CC(O)CO. The van der Waals surface area contributed by atoms with Crippen molar-refractivity contribution in [3.8, 4) is 0 Å². The first-order valence-electron chi connectivity index (χ1n) is 1.55. The number of aliphatic hydroxyl groups is 2. The molecule has 0 heterocycles. The summed E-state index contributed by atoms with van der Waals surface area (Å²) in [6.45, 7) is -0.483. The third kappa shape index (κ3) is 5.59. The van der Waals surface area contributed by atoms with Crippen molar-refractivity contribution in [2.24, 2.45) is 0 Å². The van der Waals surface area contributed by atoms with E-state index in [2.05, 4.69) is 0 Å². The highest BCUT2D eigenvalue weighted by Crippen LogP contribution is 1.66. The molecule has 44 valence electrons. The van der Waals surface area contributed by atoms with Crippen molar-refractivity contribution in [1.82, 2.24) is 0 Å². The van der Waals surface area contributed by atoms with Crippen LogP contribution < -0.4 is 0 Å². The van der Waals surface area contributed by atoms with Crippen molar-refractivity contribution < 1.29 is 15.0 Å². The summed E-state index contributed by atoms with van der Waals surface area (Å²) in [5, 5.41) is 15.9. The molecular formula is C4H10O3. The summed E-state index contributed by atoms with van der Waals surface area (Å²) >= 11 is 0. The van der Waals surface area contributed by atoms with Gasteiger partial charge in [-0.15, -0.1) is 0 Å². The summed E-state index contributed by atoms with van der Waals surface area (Å²) in [4.78, 5) is 9.33. The van der Waals surface area contributed by atoms with Gasteiger partial charge in [0.15, 0.2) is 6.29 Å². The first-order chi connectivity index (χ1) is 2.81. The fourth-order valence-corrected chi connectivity index (χ4v) is 0.0430. The second kappa shape index (κ2) is 5.59. The van der Waals surface area contributed by atoms with Crippen LogP contribution >= 0.6 is 0 Å². The minimum absolute atomic E-state index is 0. The molecule has 0 aromatic carbocycles. The van der Waals surface area contributed by atoms with E-state index in [1.54, 1.807) is 0 Å². The molecule has 0 saturated carbocycles. The van der Waals surface area contributed by atoms with E-state index in [1.807, 2.05) is 0 Å². The Morgan fingerprint density at radius 2 is 2.14 bits per heavy atom. The molecule has 0 spiro atoms. The van der Waals surface area contributed by atoms with Crippen molar-refractivity contribution in [3.05, 3.63) is 0 Å². The van der Waals surface area contributed by atoms with Gasteiger partial charge in [0.1, 0.15) is 6.10 Å². The lowest BCUT2D eigenvalue weighted by Crippen LogP contribution is -2.12. The highest BCUT2D eigenvalue weighted by molar-refractivity contribution is 5.55. The van der Waals surface area contributed by atoms with E-state index in [4.69, 9.17) is 10.2 Å². The van der Waals surface area contributed by atoms with Gasteiger partial charge in [0.25, 0.3) is 0 Å². The van der Waals surface area contributed by atoms with Crippen LogP contribution in [0.2, 0.25) is 0 Å². The van der Waals surface area contributed by atoms with E-state index in [1.165, 1.54) is 0 Å². The summed E-state index contributed by atoms with van der Waals surface area (Å²) in [5.41, 5.74) is 0. The third-order valence-corrected chi connectivity index (χ3v) is 0.344. The number of aliphatic hydroxyl groups excluding tert-OH is 2. The largest absolute Gasteiger partial charge is 0.393 e. The van der Waals surface area contributed by atoms with Crippen LogP contribution in [-0.4, -0.2) is 29.2 Å². The second-order valence-corrected chi connectivity index (χ2v) is 0.886. The molecular weight excluding hydrogens is 96.0 g/mol. The lowest BCUT2D eigenvalue weighted by Gasteiger charge is -1.89. The van der Waals surface area contributed by atoms with Crippen molar-refractivity contribution >= 4 is 6.29 Å². The molecule has 1 unspecified atom stereocenters. The van der Waals surface area contributed by atoms with Crippen LogP contribution in [-0.2, 0) is 4.79 Å². The molecule has 0 radical (unpaired) electrons. The molecule has 3 heteroatoms. The zero-order valence-electron chi connectivity index (χ0n) is 3.16. The van der Waals surface area contributed by atoms with Crippen LogP contribution in [0.25, 0.3) is 0 Å². The first-order valence-corrected chi connectivity index (χ1v) is 1.55. The summed E-state index contributed by atoms with van der Waals surface area (Å²) in [5.74, 6) is 0. The van der Waals surface area contributed by atoms with Gasteiger partial charge in [0.2, 0.25) is 0 Å². The molecule has 0 saturated heterocycles. The van der Waals surface area contributed by atoms with Gasteiger partial charge < -0.3 is 15.0 Å². The van der Waals surface area contributed by atoms with Gasteiger partial charge in [-0.2, -0.15) is 0 Å². The molecule has 0 aromatic heterocycles. The second-order valence-electron chi connectivity index (χ2n) is 0.886. The zero-order valence-corrected chi connectivity index (χ0v) is 3.16. The predicted molar refractivity (Wildman–Crippen MR) is 25.9 cm³/mol. The van der Waals surface area contributed by atoms with E-state index in [9.17, 15) is 4.79 Å². The van der Waals surface area contributed by atoms with Crippen molar-refractivity contribution in [2.75, 3.05) is 6.61 Å². The maximum atomic E-state index is 9.33. The van der Waals surface area contributed by atoms with E-state index < -0.39 is 12.7 Å². The Bertz CT molecular complexity index is 44.2. The molecule has 0 fully saturated rings. The Balaban J connectivity index is 0. The Hall–Kier alpha value is -0.410. The van der Waals surface area contributed by atoms with Gasteiger partial charge in [-0.1, -0.05) is 7.43 Å². The number of carbonyl (C=O) groups is 1. The molecule has 7 heavy (non-hydrogen) atoms. The van der Waals surface area contributed by atoms with Gasteiger partial charge in [-0.05, 0) is 0 Å². The standard InChI is InChI=1S/C3H6O3.CH4/c4-1-3(6)2-5;/h1,3,5-6H,2H2;1H4. The van der Waals surface area contributed by atoms with Gasteiger partial charge in [-0.25, -0.2) is 0 Å². The average Bonchev–Trinajstić information content (AvgIpc) is 1.65. The van der Waals surface area contributed by atoms with Gasteiger partial charge >= 0.3 is 0 Å². The lowest BCUT2D eigenvalue weighted by molar-refractivity contribution is -0.116. The van der Waals surface area contributed by atoms with Gasteiger partial charge in [-0.3, -0.25) is 0 Å². The smallest absolute Gasteiger partial charge is 0.150 e. The van der Waals surface area contributed by atoms with E-state index in [0.29, 0.717) is 0 Å². The third-order valence-electron chi connectivity index (χ3n) is 0.344. The van der Waals surface area contributed by atoms with Gasteiger partial charge in [0.05, 0.1) is 6.61 Å².